The molecule has 0 bridgehead atoms. The van der Waals surface area contributed by atoms with Crippen LogP contribution in [0.25, 0.3) is 0 Å². The second-order valence-electron chi connectivity index (χ2n) is 6.26. The Morgan fingerprint density at radius 3 is 2.53 bits per heavy atom. The summed E-state index contributed by atoms with van der Waals surface area (Å²) in [5, 5.41) is 24.0. The molecule has 3 aromatic rings. The Morgan fingerprint density at radius 1 is 1.16 bits per heavy atom. The number of hydrogen-bond acceptors (Lipinski definition) is 7. The summed E-state index contributed by atoms with van der Waals surface area (Å²) in [6.07, 6.45) is 1.46. The lowest BCUT2D eigenvalue weighted by Gasteiger charge is -2.08. The zero-order valence-corrected chi connectivity index (χ0v) is 18.2. The predicted molar refractivity (Wildman–Crippen MR) is 120 cm³/mol. The van der Waals surface area contributed by atoms with Crippen LogP contribution in [0.4, 0.5) is 5.69 Å². The second-order valence-corrected chi connectivity index (χ2v) is 7.18. The summed E-state index contributed by atoms with van der Waals surface area (Å²) in [6, 6.07) is 17.4. The van der Waals surface area contributed by atoms with Crippen LogP contribution >= 0.6 is 15.9 Å². The highest BCUT2D eigenvalue weighted by Gasteiger charge is 2.13. The average Bonchev–Trinajstić information content (AvgIpc) is 2.80. The van der Waals surface area contributed by atoms with Gasteiger partial charge in [-0.25, -0.2) is 5.43 Å². The van der Waals surface area contributed by atoms with Gasteiger partial charge in [0.05, 0.1) is 23.8 Å². The quantitative estimate of drug-likeness (QED) is 0.285. The Bertz CT molecular complexity index is 1240. The van der Waals surface area contributed by atoms with Crippen molar-refractivity contribution < 1.29 is 19.2 Å². The first kappa shape index (κ1) is 22.5. The number of hydrogen-bond donors (Lipinski definition) is 1. The molecule has 0 aromatic heterocycles. The highest BCUT2D eigenvalue weighted by atomic mass is 79.9. The molecule has 0 aliphatic carbocycles. The first-order chi connectivity index (χ1) is 15.4. The summed E-state index contributed by atoms with van der Waals surface area (Å²) in [7, 11) is 1.48. The molecule has 0 saturated carbocycles. The molecular weight excluding hydrogens is 480 g/mol. The monoisotopic (exact) mass is 494 g/mol. The van der Waals surface area contributed by atoms with Crippen molar-refractivity contribution in [1.82, 2.24) is 5.43 Å². The van der Waals surface area contributed by atoms with Crippen LogP contribution < -0.4 is 14.9 Å². The van der Waals surface area contributed by atoms with E-state index in [9.17, 15) is 20.2 Å². The number of rotatable bonds is 7. The summed E-state index contributed by atoms with van der Waals surface area (Å²) in [5.41, 5.74) is 3.32. The number of nitrogens with zero attached hydrogens (tertiary/aromatic N) is 3. The van der Waals surface area contributed by atoms with Crippen LogP contribution in [-0.4, -0.2) is 24.2 Å². The number of nitro benzene ring substituents is 1. The molecule has 0 radical (unpaired) electrons. The number of nitrogens with one attached hydrogen (secondary N) is 1. The zero-order valence-electron chi connectivity index (χ0n) is 16.6. The lowest BCUT2D eigenvalue weighted by Crippen LogP contribution is -2.18. The van der Waals surface area contributed by atoms with Crippen LogP contribution in [-0.2, 0) is 0 Å². The van der Waals surface area contributed by atoms with E-state index in [1.807, 2.05) is 6.07 Å². The molecule has 1 N–H and O–H groups in total. The van der Waals surface area contributed by atoms with Crippen molar-refractivity contribution in [3.63, 3.8) is 0 Å². The summed E-state index contributed by atoms with van der Waals surface area (Å²) < 4.78 is 11.6. The maximum atomic E-state index is 12.3. The van der Waals surface area contributed by atoms with E-state index in [4.69, 9.17) is 9.47 Å². The van der Waals surface area contributed by atoms with Crippen LogP contribution in [0.3, 0.4) is 0 Å². The largest absolute Gasteiger partial charge is 0.496 e. The smallest absolute Gasteiger partial charge is 0.275 e. The third-order valence-electron chi connectivity index (χ3n) is 4.19. The molecule has 0 saturated heterocycles. The third kappa shape index (κ3) is 5.47. The normalized spacial score (nSPS) is 10.4. The minimum Gasteiger partial charge on any atom is -0.496 e. The number of hydrazone groups is 1. The number of non-ortho nitro benzene ring substituents is 1. The van der Waals surface area contributed by atoms with Crippen LogP contribution in [0.5, 0.6) is 17.2 Å². The van der Waals surface area contributed by atoms with E-state index in [1.165, 1.54) is 25.5 Å². The SMILES string of the molecule is COc1ccc(Br)cc1C(=O)NN=Cc1ccc(Oc2ccc([N+](=O)[O-])cc2C#N)cc1. The van der Waals surface area contributed by atoms with Gasteiger partial charge in [0, 0.05) is 16.6 Å². The molecule has 3 rings (SSSR count). The van der Waals surface area contributed by atoms with Crippen LogP contribution in [0.2, 0.25) is 0 Å². The van der Waals surface area contributed by atoms with Gasteiger partial charge < -0.3 is 9.47 Å². The maximum absolute atomic E-state index is 12.3. The fraction of sp³-hybridized carbons (Fsp3) is 0.0455. The van der Waals surface area contributed by atoms with E-state index >= 15 is 0 Å². The molecule has 3 aromatic carbocycles. The number of methoxy groups -OCH3 is 1. The Morgan fingerprint density at radius 2 is 1.88 bits per heavy atom. The van der Waals surface area contributed by atoms with E-state index in [-0.39, 0.29) is 17.0 Å². The Kier molecular flexibility index (Phi) is 7.15. The molecule has 0 spiro atoms. The van der Waals surface area contributed by atoms with E-state index in [1.54, 1.807) is 42.5 Å². The predicted octanol–water partition coefficient (Wildman–Crippen LogP) is 4.79. The molecule has 32 heavy (non-hydrogen) atoms. The third-order valence-corrected chi connectivity index (χ3v) is 4.68. The first-order valence-electron chi connectivity index (χ1n) is 9.04. The highest BCUT2D eigenvalue weighted by molar-refractivity contribution is 9.10. The van der Waals surface area contributed by atoms with Gasteiger partial charge in [-0.05, 0) is 54.1 Å². The zero-order chi connectivity index (χ0) is 23.1. The molecule has 1 amide bonds. The fourth-order valence-electron chi connectivity index (χ4n) is 2.64. The summed E-state index contributed by atoms with van der Waals surface area (Å²) in [4.78, 5) is 22.6. The van der Waals surface area contributed by atoms with E-state index in [0.717, 1.165) is 10.5 Å². The average molecular weight is 495 g/mol. The Hall–Kier alpha value is -4.23. The topological polar surface area (TPSA) is 127 Å². The van der Waals surface area contributed by atoms with Crippen molar-refractivity contribution in [3.8, 4) is 23.3 Å². The van der Waals surface area contributed by atoms with Gasteiger partial charge >= 0.3 is 0 Å². The lowest BCUT2D eigenvalue weighted by molar-refractivity contribution is -0.384. The van der Waals surface area contributed by atoms with Crippen molar-refractivity contribution >= 4 is 33.7 Å². The van der Waals surface area contributed by atoms with Gasteiger partial charge in [0.1, 0.15) is 28.9 Å². The van der Waals surface area contributed by atoms with Crippen molar-refractivity contribution in [3.05, 3.63) is 91.9 Å². The van der Waals surface area contributed by atoms with E-state index in [0.29, 0.717) is 22.6 Å². The summed E-state index contributed by atoms with van der Waals surface area (Å²) in [6.45, 7) is 0. The second kappa shape index (κ2) is 10.2. The number of carbonyl (C=O) groups is 1. The van der Waals surface area contributed by atoms with Crippen LogP contribution in [0.15, 0.2) is 70.2 Å². The number of ether oxygens (including phenoxy) is 2. The number of amides is 1. The van der Waals surface area contributed by atoms with Crippen molar-refractivity contribution in [2.45, 2.75) is 0 Å². The number of benzene rings is 3. The lowest BCUT2D eigenvalue weighted by atomic mass is 10.2. The number of nitro groups is 1. The minimum absolute atomic E-state index is 0.0514. The standard InChI is InChI=1S/C22H15BrN4O5/c1-31-21-8-4-16(23)11-19(21)22(28)26-25-13-14-2-6-18(7-3-14)32-20-9-5-17(27(29)30)10-15(20)12-24/h2-11,13H,1H3,(H,26,28). The van der Waals surface area contributed by atoms with Gasteiger partial charge in [-0.1, -0.05) is 15.9 Å². The van der Waals surface area contributed by atoms with Gasteiger partial charge in [0.15, 0.2) is 0 Å². The molecule has 0 aliphatic heterocycles. The van der Waals surface area contributed by atoms with Crippen molar-refractivity contribution in [2.75, 3.05) is 7.11 Å². The minimum atomic E-state index is -0.579. The molecular formula is C22H15BrN4O5. The van der Waals surface area contributed by atoms with E-state index in [2.05, 4.69) is 26.5 Å². The van der Waals surface area contributed by atoms with Gasteiger partial charge in [-0.3, -0.25) is 14.9 Å². The van der Waals surface area contributed by atoms with Gasteiger partial charge in [0.2, 0.25) is 0 Å². The van der Waals surface area contributed by atoms with E-state index < -0.39 is 10.8 Å². The molecule has 0 unspecified atom stereocenters. The highest BCUT2D eigenvalue weighted by Crippen LogP contribution is 2.28. The van der Waals surface area contributed by atoms with Gasteiger partial charge in [-0.2, -0.15) is 10.4 Å². The molecule has 160 valence electrons. The van der Waals surface area contributed by atoms with Gasteiger partial charge in [0.25, 0.3) is 11.6 Å². The van der Waals surface area contributed by atoms with Crippen molar-refractivity contribution in [1.29, 1.82) is 5.26 Å². The molecule has 0 fully saturated rings. The number of carbonyl (C=O) groups excluding carboxylic acids is 1. The number of halogens is 1. The summed E-state index contributed by atoms with van der Waals surface area (Å²) >= 11 is 3.31. The molecule has 9 nitrogen and oxygen atoms in total. The van der Waals surface area contributed by atoms with Gasteiger partial charge in [-0.15, -0.1) is 0 Å². The molecule has 0 aliphatic rings. The fourth-order valence-corrected chi connectivity index (χ4v) is 3.00. The Labute approximate surface area is 191 Å². The van der Waals surface area contributed by atoms with Crippen LogP contribution in [0, 0.1) is 21.4 Å². The van der Waals surface area contributed by atoms with Crippen molar-refractivity contribution in [2.24, 2.45) is 5.10 Å². The first-order valence-corrected chi connectivity index (χ1v) is 9.84. The molecule has 0 heterocycles. The molecule has 0 atom stereocenters. The Balaban J connectivity index is 1.66. The number of nitriles is 1. The van der Waals surface area contributed by atoms with Crippen LogP contribution in [0.1, 0.15) is 21.5 Å². The molecule has 10 heteroatoms. The summed E-state index contributed by atoms with van der Waals surface area (Å²) in [5.74, 6) is 0.622. The maximum Gasteiger partial charge on any atom is 0.275 e.